The van der Waals surface area contributed by atoms with Crippen LogP contribution in [0.3, 0.4) is 0 Å². The second kappa shape index (κ2) is 11.1. The Kier molecular flexibility index (Phi) is 10.8. The zero-order valence-electron chi connectivity index (χ0n) is 14.2. The highest BCUT2D eigenvalue weighted by Crippen LogP contribution is 2.20. The summed E-state index contributed by atoms with van der Waals surface area (Å²) in [7, 11) is 4.09. The largest absolute Gasteiger partial charge is 0.341 e. The van der Waals surface area contributed by atoms with Gasteiger partial charge < -0.3 is 15.5 Å². The van der Waals surface area contributed by atoms with Crippen LogP contribution in [0.4, 0.5) is 0 Å². The number of hydrogen-bond acceptors (Lipinski definition) is 3. The first-order valence-electron chi connectivity index (χ1n) is 8.04. The molecule has 4 nitrogen and oxygen atoms in total. The molecule has 0 heterocycles. The Hall–Kier alpha value is -0.610. The number of carbonyl (C=O) groups is 1. The fourth-order valence-electron chi connectivity index (χ4n) is 2.44. The van der Waals surface area contributed by atoms with Crippen LogP contribution in [0.25, 0.3) is 0 Å². The lowest BCUT2D eigenvalue weighted by Crippen LogP contribution is -2.37. The summed E-state index contributed by atoms with van der Waals surface area (Å²) < 4.78 is 0. The van der Waals surface area contributed by atoms with Crippen LogP contribution >= 0.6 is 0 Å². The minimum Gasteiger partial charge on any atom is -0.341 e. The minimum absolute atomic E-state index is 0.302. The SMILES string of the molecule is CCCN(CCN(C)C)C(=O)CCC(CCN)C(C)C. The van der Waals surface area contributed by atoms with E-state index in [0.717, 1.165) is 45.4 Å². The Morgan fingerprint density at radius 3 is 2.20 bits per heavy atom. The van der Waals surface area contributed by atoms with E-state index in [2.05, 4.69) is 25.7 Å². The molecule has 2 N–H and O–H groups in total. The van der Waals surface area contributed by atoms with Crippen molar-refractivity contribution in [2.75, 3.05) is 40.3 Å². The van der Waals surface area contributed by atoms with E-state index >= 15 is 0 Å². The van der Waals surface area contributed by atoms with E-state index < -0.39 is 0 Å². The maximum atomic E-state index is 12.4. The van der Waals surface area contributed by atoms with Gasteiger partial charge in [0.2, 0.25) is 5.91 Å². The van der Waals surface area contributed by atoms with Crippen molar-refractivity contribution >= 4 is 5.91 Å². The number of nitrogens with two attached hydrogens (primary N) is 1. The van der Waals surface area contributed by atoms with Crippen molar-refractivity contribution in [2.24, 2.45) is 17.6 Å². The first-order chi connectivity index (χ1) is 9.42. The van der Waals surface area contributed by atoms with Crippen molar-refractivity contribution in [3.63, 3.8) is 0 Å². The molecule has 0 saturated carbocycles. The highest BCUT2D eigenvalue weighted by atomic mass is 16.2. The summed E-state index contributed by atoms with van der Waals surface area (Å²) in [6, 6.07) is 0. The van der Waals surface area contributed by atoms with Gasteiger partial charge in [0, 0.05) is 26.1 Å². The number of nitrogens with zero attached hydrogens (tertiary/aromatic N) is 2. The van der Waals surface area contributed by atoms with Crippen LogP contribution in [0.5, 0.6) is 0 Å². The summed E-state index contributed by atoms with van der Waals surface area (Å²) in [5, 5.41) is 0. The molecule has 0 aliphatic rings. The van der Waals surface area contributed by atoms with E-state index in [1.54, 1.807) is 0 Å². The topological polar surface area (TPSA) is 49.6 Å². The molecule has 0 spiro atoms. The van der Waals surface area contributed by atoms with Crippen LogP contribution in [0.2, 0.25) is 0 Å². The van der Waals surface area contributed by atoms with Gasteiger partial charge in [0.25, 0.3) is 0 Å². The number of hydrogen-bond donors (Lipinski definition) is 1. The summed E-state index contributed by atoms with van der Waals surface area (Å²) in [6.45, 7) is 9.93. The number of likely N-dealkylation sites (N-methyl/N-ethyl adjacent to an activating group) is 1. The molecule has 0 aromatic rings. The van der Waals surface area contributed by atoms with E-state index in [9.17, 15) is 4.79 Å². The highest BCUT2D eigenvalue weighted by molar-refractivity contribution is 5.76. The fraction of sp³-hybridized carbons (Fsp3) is 0.938. The van der Waals surface area contributed by atoms with Crippen molar-refractivity contribution in [2.45, 2.75) is 46.5 Å². The summed E-state index contributed by atoms with van der Waals surface area (Å²) >= 11 is 0. The van der Waals surface area contributed by atoms with E-state index in [4.69, 9.17) is 5.73 Å². The lowest BCUT2D eigenvalue weighted by atomic mass is 9.88. The quantitative estimate of drug-likeness (QED) is 0.633. The highest BCUT2D eigenvalue weighted by Gasteiger charge is 2.17. The molecule has 0 bridgehead atoms. The van der Waals surface area contributed by atoms with Gasteiger partial charge in [0.05, 0.1) is 0 Å². The molecule has 4 heteroatoms. The normalized spacial score (nSPS) is 13.0. The third kappa shape index (κ3) is 8.54. The van der Waals surface area contributed by atoms with Crippen LogP contribution in [0.1, 0.15) is 46.5 Å². The van der Waals surface area contributed by atoms with Gasteiger partial charge in [-0.2, -0.15) is 0 Å². The second-order valence-corrected chi connectivity index (χ2v) is 6.30. The lowest BCUT2D eigenvalue weighted by molar-refractivity contribution is -0.131. The van der Waals surface area contributed by atoms with E-state index in [1.165, 1.54) is 0 Å². The van der Waals surface area contributed by atoms with Gasteiger partial charge in [-0.15, -0.1) is 0 Å². The lowest BCUT2D eigenvalue weighted by Gasteiger charge is -2.26. The molecule has 1 amide bonds. The maximum Gasteiger partial charge on any atom is 0.222 e. The molecule has 0 aliphatic heterocycles. The van der Waals surface area contributed by atoms with Crippen molar-refractivity contribution in [3.05, 3.63) is 0 Å². The molecule has 1 unspecified atom stereocenters. The molecular formula is C16H35N3O. The zero-order chi connectivity index (χ0) is 15.5. The molecule has 20 heavy (non-hydrogen) atoms. The molecule has 0 aromatic heterocycles. The predicted molar refractivity (Wildman–Crippen MR) is 86.7 cm³/mol. The average molecular weight is 285 g/mol. The van der Waals surface area contributed by atoms with Crippen LogP contribution in [0, 0.1) is 11.8 Å². The van der Waals surface area contributed by atoms with Gasteiger partial charge in [0.15, 0.2) is 0 Å². The van der Waals surface area contributed by atoms with Crippen LogP contribution < -0.4 is 5.73 Å². The maximum absolute atomic E-state index is 12.4. The molecule has 0 aliphatic carbocycles. The van der Waals surface area contributed by atoms with E-state index in [1.807, 2.05) is 19.0 Å². The van der Waals surface area contributed by atoms with Gasteiger partial charge in [-0.3, -0.25) is 4.79 Å². The standard InChI is InChI=1S/C16H35N3O/c1-6-11-19(13-12-18(4)5)16(20)8-7-15(9-10-17)14(2)3/h14-15H,6-13,17H2,1-5H3. The van der Waals surface area contributed by atoms with Gasteiger partial charge >= 0.3 is 0 Å². The summed E-state index contributed by atoms with van der Waals surface area (Å²) in [4.78, 5) is 16.5. The molecule has 0 fully saturated rings. The number of rotatable bonds is 11. The minimum atomic E-state index is 0.302. The average Bonchev–Trinajstić information content (AvgIpc) is 2.38. The summed E-state index contributed by atoms with van der Waals surface area (Å²) in [5.41, 5.74) is 5.66. The Morgan fingerprint density at radius 1 is 1.10 bits per heavy atom. The Balaban J connectivity index is 4.29. The molecular weight excluding hydrogens is 250 g/mol. The molecule has 1 atom stereocenters. The Labute approximate surface area is 125 Å². The van der Waals surface area contributed by atoms with Crippen molar-refractivity contribution in [1.29, 1.82) is 0 Å². The van der Waals surface area contributed by atoms with Gasteiger partial charge in [-0.05, 0) is 51.7 Å². The predicted octanol–water partition coefficient (Wildman–Crippen LogP) is 2.19. The molecule has 0 saturated heterocycles. The van der Waals surface area contributed by atoms with Crippen molar-refractivity contribution in [1.82, 2.24) is 9.80 Å². The first kappa shape index (κ1) is 19.4. The van der Waals surface area contributed by atoms with E-state index in [-0.39, 0.29) is 0 Å². The first-order valence-corrected chi connectivity index (χ1v) is 8.04. The van der Waals surface area contributed by atoms with Gasteiger partial charge in [0.1, 0.15) is 0 Å². The van der Waals surface area contributed by atoms with Gasteiger partial charge in [-0.25, -0.2) is 0 Å². The second-order valence-electron chi connectivity index (χ2n) is 6.30. The Morgan fingerprint density at radius 2 is 1.75 bits per heavy atom. The van der Waals surface area contributed by atoms with Crippen LogP contribution in [-0.4, -0.2) is 56.0 Å². The number of amides is 1. The Bertz CT molecular complexity index is 254. The molecule has 0 rings (SSSR count). The zero-order valence-corrected chi connectivity index (χ0v) is 14.2. The van der Waals surface area contributed by atoms with Crippen LogP contribution in [-0.2, 0) is 4.79 Å². The summed E-state index contributed by atoms with van der Waals surface area (Å²) in [6.07, 6.45) is 3.68. The molecule has 120 valence electrons. The molecule has 0 aromatic carbocycles. The summed E-state index contributed by atoms with van der Waals surface area (Å²) in [5.74, 6) is 1.48. The molecule has 0 radical (unpaired) electrons. The monoisotopic (exact) mass is 285 g/mol. The van der Waals surface area contributed by atoms with Gasteiger partial charge in [-0.1, -0.05) is 20.8 Å². The third-order valence-corrected chi connectivity index (χ3v) is 3.87. The smallest absolute Gasteiger partial charge is 0.222 e. The number of carbonyl (C=O) groups excluding carboxylic acids is 1. The van der Waals surface area contributed by atoms with Crippen LogP contribution in [0.15, 0.2) is 0 Å². The van der Waals surface area contributed by atoms with Crippen molar-refractivity contribution < 1.29 is 4.79 Å². The van der Waals surface area contributed by atoms with Crippen molar-refractivity contribution in [3.8, 4) is 0 Å². The van der Waals surface area contributed by atoms with E-state index in [0.29, 0.717) is 24.2 Å². The third-order valence-electron chi connectivity index (χ3n) is 3.87. The fourth-order valence-corrected chi connectivity index (χ4v) is 2.44.